The highest BCUT2D eigenvalue weighted by Crippen LogP contribution is 2.10. The zero-order valence-corrected chi connectivity index (χ0v) is 9.95. The molecule has 0 saturated heterocycles. The van der Waals surface area contributed by atoms with Gasteiger partial charge in [0.05, 0.1) is 6.61 Å². The topological polar surface area (TPSA) is 38.3 Å². The van der Waals surface area contributed by atoms with Gasteiger partial charge in [0.1, 0.15) is 4.48 Å². The van der Waals surface area contributed by atoms with Crippen molar-refractivity contribution in [1.82, 2.24) is 0 Å². The van der Waals surface area contributed by atoms with E-state index in [1.807, 2.05) is 30.3 Å². The lowest BCUT2D eigenvalue weighted by Gasteiger charge is -2.02. The van der Waals surface area contributed by atoms with Crippen LogP contribution >= 0.6 is 15.9 Å². The molecule has 4 heteroatoms. The van der Waals surface area contributed by atoms with Crippen LogP contribution < -0.4 is 5.32 Å². The van der Waals surface area contributed by atoms with Crippen LogP contribution in [-0.2, 0) is 9.53 Å². The van der Waals surface area contributed by atoms with E-state index >= 15 is 0 Å². The Bertz CT molecular complexity index is 349. The van der Waals surface area contributed by atoms with E-state index in [1.54, 1.807) is 13.1 Å². The lowest BCUT2D eigenvalue weighted by Crippen LogP contribution is -2.04. The third-order valence-corrected chi connectivity index (χ3v) is 2.16. The zero-order chi connectivity index (χ0) is 11.1. The van der Waals surface area contributed by atoms with Crippen molar-refractivity contribution in [2.24, 2.45) is 0 Å². The molecule has 0 aromatic heterocycles. The average molecular weight is 270 g/mol. The summed E-state index contributed by atoms with van der Waals surface area (Å²) in [7, 11) is 0. The van der Waals surface area contributed by atoms with Crippen LogP contribution in [0.25, 0.3) is 0 Å². The van der Waals surface area contributed by atoms with Crippen LogP contribution in [0, 0.1) is 0 Å². The number of hydrogen-bond acceptors (Lipinski definition) is 3. The highest BCUT2D eigenvalue weighted by atomic mass is 79.9. The number of esters is 1. The Morgan fingerprint density at radius 3 is 2.73 bits per heavy atom. The maximum atomic E-state index is 11.2. The van der Waals surface area contributed by atoms with Gasteiger partial charge in [-0.3, -0.25) is 0 Å². The molecule has 0 spiro atoms. The molecule has 3 nitrogen and oxygen atoms in total. The molecule has 1 aromatic rings. The summed E-state index contributed by atoms with van der Waals surface area (Å²) >= 11 is 3.13. The molecule has 0 bridgehead atoms. The molecule has 1 N–H and O–H groups in total. The van der Waals surface area contributed by atoms with E-state index in [0.29, 0.717) is 11.1 Å². The monoisotopic (exact) mass is 269 g/mol. The van der Waals surface area contributed by atoms with Crippen molar-refractivity contribution < 1.29 is 9.53 Å². The second-order valence-corrected chi connectivity index (χ2v) is 3.58. The van der Waals surface area contributed by atoms with Crippen molar-refractivity contribution in [1.29, 1.82) is 0 Å². The van der Waals surface area contributed by atoms with Gasteiger partial charge in [-0.05, 0) is 35.0 Å². The predicted molar refractivity (Wildman–Crippen MR) is 63.7 cm³/mol. The fraction of sp³-hybridized carbons (Fsp3) is 0.182. The summed E-state index contributed by atoms with van der Waals surface area (Å²) in [5, 5.41) is 2.97. The van der Waals surface area contributed by atoms with E-state index < -0.39 is 0 Å². The first kappa shape index (κ1) is 11.8. The predicted octanol–water partition coefficient (Wildman–Crippen LogP) is 2.90. The average Bonchev–Trinajstić information content (AvgIpc) is 2.27. The van der Waals surface area contributed by atoms with Gasteiger partial charge in [0.25, 0.3) is 0 Å². The fourth-order valence-electron chi connectivity index (χ4n) is 0.940. The number of ether oxygens (including phenoxy) is 1. The van der Waals surface area contributed by atoms with Gasteiger partial charge in [-0.25, -0.2) is 4.79 Å². The van der Waals surface area contributed by atoms with E-state index in [9.17, 15) is 4.79 Å². The van der Waals surface area contributed by atoms with Crippen molar-refractivity contribution in [2.75, 3.05) is 11.9 Å². The number of carbonyl (C=O) groups excluding carboxylic acids is 1. The molecule has 0 heterocycles. The summed E-state index contributed by atoms with van der Waals surface area (Å²) in [6.07, 6.45) is 1.56. The van der Waals surface area contributed by atoms with Crippen LogP contribution in [0.3, 0.4) is 0 Å². The van der Waals surface area contributed by atoms with Crippen molar-refractivity contribution in [3.8, 4) is 0 Å². The molecular formula is C11H12BrNO2. The molecule has 1 rings (SSSR count). The molecule has 1 aromatic carbocycles. The van der Waals surface area contributed by atoms with E-state index in [1.165, 1.54) is 0 Å². The SMILES string of the molecule is CCOC(=O)/C(Br)=C\Nc1ccccc1. The summed E-state index contributed by atoms with van der Waals surface area (Å²) in [5.74, 6) is -0.374. The Morgan fingerprint density at radius 2 is 2.13 bits per heavy atom. The van der Waals surface area contributed by atoms with E-state index in [0.717, 1.165) is 5.69 Å². The maximum Gasteiger partial charge on any atom is 0.346 e. The normalized spacial score (nSPS) is 10.9. The quantitative estimate of drug-likeness (QED) is 0.675. The number of halogens is 1. The van der Waals surface area contributed by atoms with E-state index in [2.05, 4.69) is 21.2 Å². The number of hydrogen-bond donors (Lipinski definition) is 1. The van der Waals surface area contributed by atoms with Gasteiger partial charge in [0.2, 0.25) is 0 Å². The first-order valence-electron chi connectivity index (χ1n) is 4.58. The molecule has 0 aliphatic heterocycles. The van der Waals surface area contributed by atoms with Gasteiger partial charge < -0.3 is 10.1 Å². The molecule has 0 amide bonds. The Kier molecular flexibility index (Phi) is 4.90. The minimum Gasteiger partial charge on any atom is -0.462 e. The Morgan fingerprint density at radius 1 is 1.47 bits per heavy atom. The minimum atomic E-state index is -0.374. The second kappa shape index (κ2) is 6.24. The molecule has 0 atom stereocenters. The van der Waals surface area contributed by atoms with Crippen LogP contribution in [0.4, 0.5) is 5.69 Å². The maximum absolute atomic E-state index is 11.2. The molecular weight excluding hydrogens is 258 g/mol. The summed E-state index contributed by atoms with van der Waals surface area (Å²) in [4.78, 5) is 11.2. The number of rotatable bonds is 4. The smallest absolute Gasteiger partial charge is 0.346 e. The van der Waals surface area contributed by atoms with Crippen molar-refractivity contribution in [2.45, 2.75) is 6.92 Å². The number of anilines is 1. The Balaban J connectivity index is 2.54. The highest BCUT2D eigenvalue weighted by Gasteiger charge is 2.05. The number of nitrogens with one attached hydrogen (secondary N) is 1. The van der Waals surface area contributed by atoms with Crippen molar-refractivity contribution in [3.63, 3.8) is 0 Å². The lowest BCUT2D eigenvalue weighted by atomic mass is 10.3. The zero-order valence-electron chi connectivity index (χ0n) is 8.37. The fourth-order valence-corrected chi connectivity index (χ4v) is 1.17. The molecule has 0 unspecified atom stereocenters. The third kappa shape index (κ3) is 4.16. The molecule has 0 aliphatic rings. The largest absolute Gasteiger partial charge is 0.462 e. The van der Waals surface area contributed by atoms with Crippen molar-refractivity contribution >= 4 is 27.6 Å². The molecule has 0 saturated carbocycles. The van der Waals surface area contributed by atoms with Gasteiger partial charge >= 0.3 is 5.97 Å². The van der Waals surface area contributed by atoms with Crippen molar-refractivity contribution in [3.05, 3.63) is 41.0 Å². The molecule has 0 radical (unpaired) electrons. The van der Waals surface area contributed by atoms with Crippen LogP contribution in [0.1, 0.15) is 6.92 Å². The van der Waals surface area contributed by atoms with Gasteiger partial charge in [0, 0.05) is 11.9 Å². The summed E-state index contributed by atoms with van der Waals surface area (Å²) in [5.41, 5.74) is 0.916. The van der Waals surface area contributed by atoms with Gasteiger partial charge in [0.15, 0.2) is 0 Å². The van der Waals surface area contributed by atoms with E-state index in [4.69, 9.17) is 4.74 Å². The molecule has 0 aliphatic carbocycles. The van der Waals surface area contributed by atoms with Crippen LogP contribution in [-0.4, -0.2) is 12.6 Å². The highest BCUT2D eigenvalue weighted by molar-refractivity contribution is 9.12. The summed E-state index contributed by atoms with van der Waals surface area (Å²) in [6, 6.07) is 9.56. The lowest BCUT2D eigenvalue weighted by molar-refractivity contribution is -0.137. The van der Waals surface area contributed by atoms with Gasteiger partial charge in [-0.2, -0.15) is 0 Å². The first-order valence-corrected chi connectivity index (χ1v) is 5.37. The van der Waals surface area contributed by atoms with Crippen LogP contribution in [0.15, 0.2) is 41.0 Å². The molecule has 0 fully saturated rings. The van der Waals surface area contributed by atoms with Gasteiger partial charge in [-0.15, -0.1) is 0 Å². The van der Waals surface area contributed by atoms with Crippen LogP contribution in [0.5, 0.6) is 0 Å². The number of benzene rings is 1. The summed E-state index contributed by atoms with van der Waals surface area (Å²) < 4.78 is 5.17. The number of carbonyl (C=O) groups is 1. The standard InChI is InChI=1S/C11H12BrNO2/c1-2-15-11(14)10(12)8-13-9-6-4-3-5-7-9/h3-8,13H,2H2,1H3/b10-8+. The molecule has 80 valence electrons. The summed E-state index contributed by atoms with van der Waals surface area (Å²) in [6.45, 7) is 2.13. The van der Waals surface area contributed by atoms with Gasteiger partial charge in [-0.1, -0.05) is 18.2 Å². The van der Waals surface area contributed by atoms with Crippen LogP contribution in [0.2, 0.25) is 0 Å². The number of para-hydroxylation sites is 1. The Labute approximate surface area is 97.3 Å². The third-order valence-electron chi connectivity index (χ3n) is 1.61. The minimum absolute atomic E-state index is 0.368. The molecule has 15 heavy (non-hydrogen) atoms. The second-order valence-electron chi connectivity index (χ2n) is 2.72. The van der Waals surface area contributed by atoms with E-state index in [-0.39, 0.29) is 5.97 Å². The first-order chi connectivity index (χ1) is 7.24. The Hall–Kier alpha value is -1.29.